The Morgan fingerprint density at radius 3 is 0.800 bits per heavy atom. The molecule has 0 atom stereocenters. The van der Waals surface area contributed by atoms with Crippen LogP contribution >= 0.6 is 138 Å². The normalized spacial score (nSPS) is 11.8. The summed E-state index contributed by atoms with van der Waals surface area (Å²) in [5, 5.41) is 1.95. The van der Waals surface area contributed by atoms with E-state index < -0.39 is 8.80 Å². The Hall–Kier alpha value is 1.93. The van der Waals surface area contributed by atoms with Gasteiger partial charge in [-0.25, -0.2) is 0 Å². The van der Waals surface area contributed by atoms with Crippen LogP contribution in [-0.2, 0) is 0 Å². The zero-order valence-corrected chi connectivity index (χ0v) is 21.6. The van der Waals surface area contributed by atoms with E-state index in [4.69, 9.17) is 104 Å². The molecule has 0 spiro atoms. The van der Waals surface area contributed by atoms with Crippen molar-refractivity contribution in [3.8, 4) is 0 Å². The lowest BCUT2D eigenvalue weighted by Gasteiger charge is -2.13. The molecule has 0 unspecified atom stereocenters. The van der Waals surface area contributed by atoms with Gasteiger partial charge in [-0.2, -0.15) is 0 Å². The molecule has 25 heavy (non-hydrogen) atoms. The molecule has 0 saturated heterocycles. The van der Waals surface area contributed by atoms with Gasteiger partial charge in [0.15, 0.2) is 8.80 Å². The number of hydrogen-bond donors (Lipinski definition) is 0. The molecule has 0 aromatic carbocycles. The van der Waals surface area contributed by atoms with Crippen molar-refractivity contribution in [3.05, 3.63) is 43.1 Å². The van der Waals surface area contributed by atoms with Crippen LogP contribution in [-0.4, -0.2) is 8.80 Å². The molecule has 0 radical (unpaired) electrons. The highest BCUT2D eigenvalue weighted by Crippen LogP contribution is 2.40. The van der Waals surface area contributed by atoms with Gasteiger partial charge in [-0.3, -0.25) is 0 Å². The van der Waals surface area contributed by atoms with Gasteiger partial charge in [0.2, 0.25) is 0 Å². The minimum atomic E-state index is -2.30. The first-order valence-corrected chi connectivity index (χ1v) is 13.6. The first kappa shape index (κ1) is 21.6. The summed E-state index contributed by atoms with van der Waals surface area (Å²) in [5.41, 5.74) is 0. The van der Waals surface area contributed by atoms with Crippen molar-refractivity contribution >= 4 is 161 Å². The molecule has 3 rings (SSSR count). The Kier molecular flexibility index (Phi) is 7.22. The van der Waals surface area contributed by atoms with E-state index >= 15 is 0 Å². The smallest absolute Gasteiger partial charge is 0.129 e. The Labute approximate surface area is 201 Å². The van der Waals surface area contributed by atoms with Crippen molar-refractivity contribution in [3.63, 3.8) is 0 Å². The van der Waals surface area contributed by atoms with Crippen molar-refractivity contribution in [1.82, 2.24) is 0 Å². The third-order valence-electron chi connectivity index (χ3n) is 3.13. The molecular formula is C12HCl9S3Si. The summed E-state index contributed by atoms with van der Waals surface area (Å²) in [6, 6.07) is 0. The van der Waals surface area contributed by atoms with Crippen LogP contribution in [0.25, 0.3) is 0 Å². The van der Waals surface area contributed by atoms with Crippen LogP contribution in [0.2, 0.25) is 43.1 Å². The van der Waals surface area contributed by atoms with Crippen LogP contribution in [0.3, 0.4) is 0 Å². The molecule has 134 valence electrons. The maximum atomic E-state index is 6.43. The molecule has 0 saturated carbocycles. The van der Waals surface area contributed by atoms with Gasteiger partial charge in [0, 0.05) is 13.5 Å². The van der Waals surface area contributed by atoms with Crippen LogP contribution in [0.5, 0.6) is 0 Å². The molecule has 0 fully saturated rings. The van der Waals surface area contributed by atoms with Crippen LogP contribution < -0.4 is 13.5 Å². The predicted octanol–water partition coefficient (Wildman–Crippen LogP) is 8.00. The van der Waals surface area contributed by atoms with Crippen molar-refractivity contribution in [2.24, 2.45) is 0 Å². The molecule has 0 aliphatic rings. The van der Waals surface area contributed by atoms with E-state index in [1.165, 1.54) is 34.0 Å². The van der Waals surface area contributed by atoms with E-state index in [2.05, 4.69) is 0 Å². The average molecular weight is 589 g/mol. The monoisotopic (exact) mass is 584 g/mol. The zero-order chi connectivity index (χ0) is 18.6. The molecule has 0 amide bonds. The van der Waals surface area contributed by atoms with E-state index in [0.29, 0.717) is 28.1 Å². The van der Waals surface area contributed by atoms with Crippen LogP contribution in [0.4, 0.5) is 0 Å². The number of halogens is 9. The summed E-state index contributed by atoms with van der Waals surface area (Å²) in [4.78, 5) is 0. The third-order valence-corrected chi connectivity index (χ3v) is 16.5. The second-order valence-electron chi connectivity index (χ2n) is 4.54. The minimum absolute atomic E-state index is 0.288. The van der Waals surface area contributed by atoms with Gasteiger partial charge >= 0.3 is 0 Å². The van der Waals surface area contributed by atoms with Gasteiger partial charge in [-0.1, -0.05) is 104 Å². The predicted molar refractivity (Wildman–Crippen MR) is 124 cm³/mol. The van der Waals surface area contributed by atoms with E-state index in [9.17, 15) is 0 Å². The first-order valence-electron chi connectivity index (χ1n) is 6.04. The average Bonchev–Trinajstić information content (AvgIpc) is 3.08. The topological polar surface area (TPSA) is 0 Å². The highest BCUT2D eigenvalue weighted by Gasteiger charge is 2.35. The standard InChI is InChI=1S/C12HCl9S3Si/c13-1-4(16)10(22-7(1)19)25(11-5(17)2(14)8(20)23-11)12-6(18)3(15)9(21)24-12/h25H. The van der Waals surface area contributed by atoms with Crippen molar-refractivity contribution in [2.75, 3.05) is 0 Å². The van der Waals surface area contributed by atoms with E-state index in [1.807, 2.05) is 0 Å². The van der Waals surface area contributed by atoms with Gasteiger partial charge in [0.1, 0.15) is 13.0 Å². The second-order valence-corrected chi connectivity index (χ2v) is 15.6. The number of hydrogen-bond acceptors (Lipinski definition) is 3. The van der Waals surface area contributed by atoms with Gasteiger partial charge < -0.3 is 0 Å². The summed E-state index contributed by atoms with van der Waals surface area (Å²) in [5.74, 6) is 0. The quantitative estimate of drug-likeness (QED) is 0.272. The highest BCUT2D eigenvalue weighted by atomic mass is 35.5. The van der Waals surface area contributed by atoms with E-state index in [0.717, 1.165) is 13.5 Å². The fourth-order valence-corrected chi connectivity index (χ4v) is 15.7. The molecule has 3 aromatic rings. The highest BCUT2D eigenvalue weighted by molar-refractivity contribution is 7.43. The molecule has 0 nitrogen and oxygen atoms in total. The molecule has 0 aliphatic heterocycles. The maximum Gasteiger partial charge on any atom is 0.176 e. The Morgan fingerprint density at radius 2 is 0.640 bits per heavy atom. The first-order chi connectivity index (χ1) is 11.6. The van der Waals surface area contributed by atoms with Gasteiger partial charge in [-0.05, 0) is 0 Å². The van der Waals surface area contributed by atoms with Gasteiger partial charge in [0.05, 0.1) is 30.1 Å². The van der Waals surface area contributed by atoms with Crippen molar-refractivity contribution < 1.29 is 0 Å². The summed E-state index contributed by atoms with van der Waals surface area (Å²) in [6.07, 6.45) is 0. The van der Waals surface area contributed by atoms with E-state index in [-0.39, 0.29) is 15.1 Å². The fraction of sp³-hybridized carbons (Fsp3) is 0. The molecule has 0 bridgehead atoms. The minimum Gasteiger partial charge on any atom is -0.129 e. The molecule has 13 heteroatoms. The molecule has 3 aromatic heterocycles. The van der Waals surface area contributed by atoms with Gasteiger partial charge in [-0.15, -0.1) is 34.0 Å². The molecular weight excluding hydrogens is 587 g/mol. The lowest BCUT2D eigenvalue weighted by Crippen LogP contribution is -2.49. The lowest BCUT2D eigenvalue weighted by molar-refractivity contribution is 1.98. The molecule has 3 heterocycles. The number of thiophene rings is 3. The van der Waals surface area contributed by atoms with Crippen LogP contribution in [0, 0.1) is 0 Å². The molecule has 0 N–H and O–H groups in total. The largest absolute Gasteiger partial charge is 0.176 e. The Morgan fingerprint density at radius 1 is 0.400 bits per heavy atom. The lowest BCUT2D eigenvalue weighted by atomic mass is 10.6. The SMILES string of the molecule is Clc1sc([SiH](c2sc(Cl)c(Cl)c2Cl)c2sc(Cl)c(Cl)c2Cl)c(Cl)c1Cl. The summed E-state index contributed by atoms with van der Waals surface area (Å²) in [6.45, 7) is 0. The molecule has 0 aliphatic carbocycles. The summed E-state index contributed by atoms with van der Waals surface area (Å²) < 4.78 is 3.50. The van der Waals surface area contributed by atoms with Crippen LogP contribution in [0.1, 0.15) is 0 Å². The summed E-state index contributed by atoms with van der Waals surface area (Å²) >= 11 is 60.1. The van der Waals surface area contributed by atoms with Gasteiger partial charge in [0.25, 0.3) is 0 Å². The number of rotatable bonds is 3. The Balaban J connectivity index is 2.34. The zero-order valence-electron chi connectivity index (χ0n) is 11.2. The maximum absolute atomic E-state index is 6.43. The fourth-order valence-electron chi connectivity index (χ4n) is 2.06. The van der Waals surface area contributed by atoms with E-state index in [1.54, 1.807) is 0 Å². The third kappa shape index (κ3) is 3.87. The van der Waals surface area contributed by atoms with Crippen molar-refractivity contribution in [1.29, 1.82) is 0 Å². The Bertz CT molecular complexity index is 849. The van der Waals surface area contributed by atoms with Crippen LogP contribution in [0.15, 0.2) is 0 Å². The second kappa shape index (κ2) is 8.35. The van der Waals surface area contributed by atoms with Crippen molar-refractivity contribution in [2.45, 2.75) is 0 Å². The summed E-state index contributed by atoms with van der Waals surface area (Å²) in [7, 11) is -2.30.